The summed E-state index contributed by atoms with van der Waals surface area (Å²) in [7, 11) is 0. The predicted octanol–water partition coefficient (Wildman–Crippen LogP) is 5.07. The molecule has 0 N–H and O–H groups in total. The second-order valence-electron chi connectivity index (χ2n) is 6.35. The molecule has 4 nitrogen and oxygen atoms in total. The van der Waals surface area contributed by atoms with Gasteiger partial charge in [0, 0.05) is 18.3 Å². The van der Waals surface area contributed by atoms with Crippen LogP contribution in [0, 0.1) is 5.92 Å². The first-order chi connectivity index (χ1) is 12.2. The third-order valence-corrected chi connectivity index (χ3v) is 5.97. The second-order valence-corrected chi connectivity index (χ2v) is 7.77. The van der Waals surface area contributed by atoms with Crippen molar-refractivity contribution in [2.75, 3.05) is 4.90 Å². The summed E-state index contributed by atoms with van der Waals surface area (Å²) in [5, 5.41) is 1.33. The maximum absolute atomic E-state index is 13.2. The summed E-state index contributed by atoms with van der Waals surface area (Å²) >= 11 is 7.79. The van der Waals surface area contributed by atoms with Gasteiger partial charge in [-0.2, -0.15) is 0 Å². The highest BCUT2D eigenvalue weighted by Gasteiger charge is 2.30. The lowest BCUT2D eigenvalue weighted by Gasteiger charge is -2.23. The van der Waals surface area contributed by atoms with Crippen LogP contribution in [0.1, 0.15) is 31.2 Å². The lowest BCUT2D eigenvalue weighted by molar-refractivity contribution is -0.122. The maximum Gasteiger partial charge on any atom is 0.232 e. The van der Waals surface area contributed by atoms with Crippen molar-refractivity contribution in [1.29, 1.82) is 0 Å². The molecule has 1 aromatic carbocycles. The van der Waals surface area contributed by atoms with Gasteiger partial charge in [-0.25, -0.2) is 4.98 Å². The fraction of sp³-hybridized carbons (Fsp3) is 0.316. The Kier molecular flexibility index (Phi) is 4.68. The fourth-order valence-electron chi connectivity index (χ4n) is 3.33. The Morgan fingerprint density at radius 3 is 2.80 bits per heavy atom. The van der Waals surface area contributed by atoms with Crippen LogP contribution in [-0.2, 0) is 11.3 Å². The predicted molar refractivity (Wildman–Crippen MR) is 102 cm³/mol. The van der Waals surface area contributed by atoms with Crippen molar-refractivity contribution in [1.82, 2.24) is 9.97 Å². The van der Waals surface area contributed by atoms with Gasteiger partial charge in [-0.05, 0) is 36.6 Å². The molecule has 4 rings (SSSR count). The van der Waals surface area contributed by atoms with E-state index in [2.05, 4.69) is 9.97 Å². The molecule has 1 aliphatic carbocycles. The van der Waals surface area contributed by atoms with Gasteiger partial charge in [-0.3, -0.25) is 14.7 Å². The van der Waals surface area contributed by atoms with Crippen LogP contribution >= 0.6 is 22.9 Å². The van der Waals surface area contributed by atoms with Crippen LogP contribution in [0.2, 0.25) is 5.02 Å². The molecular formula is C19H18ClN3OS. The zero-order chi connectivity index (χ0) is 17.2. The Hall–Kier alpha value is -1.98. The van der Waals surface area contributed by atoms with Gasteiger partial charge in [0.15, 0.2) is 5.13 Å². The molecule has 1 amide bonds. The number of carbonyl (C=O) groups excluding carboxylic acids is 1. The largest absolute Gasteiger partial charge is 0.283 e. The maximum atomic E-state index is 13.2. The van der Waals surface area contributed by atoms with Crippen LogP contribution in [0.5, 0.6) is 0 Å². The van der Waals surface area contributed by atoms with Gasteiger partial charge in [0.25, 0.3) is 0 Å². The van der Waals surface area contributed by atoms with E-state index in [1.54, 1.807) is 12.4 Å². The molecule has 1 fully saturated rings. The molecule has 3 aromatic rings. The highest BCUT2D eigenvalue weighted by molar-refractivity contribution is 7.22. The van der Waals surface area contributed by atoms with Crippen molar-refractivity contribution in [2.45, 2.75) is 32.2 Å². The molecule has 2 heterocycles. The van der Waals surface area contributed by atoms with Crippen LogP contribution in [0.15, 0.2) is 42.7 Å². The first kappa shape index (κ1) is 16.5. The minimum Gasteiger partial charge on any atom is -0.283 e. The molecular weight excluding hydrogens is 354 g/mol. The molecule has 0 spiro atoms. The first-order valence-electron chi connectivity index (χ1n) is 8.48. The van der Waals surface area contributed by atoms with E-state index in [1.165, 1.54) is 11.3 Å². The van der Waals surface area contributed by atoms with E-state index in [0.29, 0.717) is 16.7 Å². The van der Waals surface area contributed by atoms with Crippen LogP contribution in [0.4, 0.5) is 5.13 Å². The quantitative estimate of drug-likeness (QED) is 0.643. The Balaban J connectivity index is 1.72. The molecule has 0 bridgehead atoms. The number of para-hydroxylation sites is 1. The Morgan fingerprint density at radius 2 is 2.08 bits per heavy atom. The Bertz CT molecular complexity index is 890. The molecule has 0 aliphatic heterocycles. The van der Waals surface area contributed by atoms with E-state index in [0.717, 1.165) is 41.5 Å². The van der Waals surface area contributed by atoms with E-state index < -0.39 is 0 Å². The van der Waals surface area contributed by atoms with Gasteiger partial charge in [0.1, 0.15) is 5.52 Å². The number of fused-ring (bicyclic) bond motifs is 1. The summed E-state index contributed by atoms with van der Waals surface area (Å²) < 4.78 is 0.998. The van der Waals surface area contributed by atoms with E-state index in [9.17, 15) is 4.79 Å². The van der Waals surface area contributed by atoms with Crippen molar-refractivity contribution >= 4 is 44.2 Å². The van der Waals surface area contributed by atoms with E-state index in [-0.39, 0.29) is 11.8 Å². The normalized spacial score (nSPS) is 14.9. The van der Waals surface area contributed by atoms with Crippen molar-refractivity contribution < 1.29 is 4.79 Å². The second kappa shape index (κ2) is 7.10. The first-order valence-corrected chi connectivity index (χ1v) is 9.67. The Morgan fingerprint density at radius 1 is 1.24 bits per heavy atom. The third kappa shape index (κ3) is 3.39. The molecule has 1 aliphatic rings. The van der Waals surface area contributed by atoms with Crippen molar-refractivity contribution in [3.05, 3.63) is 53.3 Å². The van der Waals surface area contributed by atoms with Gasteiger partial charge in [0.2, 0.25) is 5.91 Å². The lowest BCUT2D eigenvalue weighted by Crippen LogP contribution is -2.34. The van der Waals surface area contributed by atoms with Crippen LogP contribution in [0.25, 0.3) is 10.2 Å². The van der Waals surface area contributed by atoms with Crippen LogP contribution in [0.3, 0.4) is 0 Å². The fourth-order valence-corrected chi connectivity index (χ4v) is 4.60. The van der Waals surface area contributed by atoms with Crippen molar-refractivity contribution in [2.24, 2.45) is 5.92 Å². The van der Waals surface area contributed by atoms with Gasteiger partial charge in [0.05, 0.1) is 16.3 Å². The molecule has 128 valence electrons. The summed E-state index contributed by atoms with van der Waals surface area (Å²) in [5.41, 5.74) is 1.76. The Labute approximate surface area is 155 Å². The monoisotopic (exact) mass is 371 g/mol. The number of nitrogens with zero attached hydrogens (tertiary/aromatic N) is 3. The van der Waals surface area contributed by atoms with Crippen molar-refractivity contribution in [3.63, 3.8) is 0 Å². The number of rotatable bonds is 4. The smallest absolute Gasteiger partial charge is 0.232 e. The minimum atomic E-state index is 0.0964. The molecule has 0 unspecified atom stereocenters. The van der Waals surface area contributed by atoms with Gasteiger partial charge in [-0.15, -0.1) is 0 Å². The summed E-state index contributed by atoms with van der Waals surface area (Å²) in [6.07, 6.45) is 7.73. The molecule has 0 saturated heterocycles. The van der Waals surface area contributed by atoms with Gasteiger partial charge < -0.3 is 0 Å². The van der Waals surface area contributed by atoms with Crippen LogP contribution in [-0.4, -0.2) is 15.9 Å². The topological polar surface area (TPSA) is 46.1 Å². The molecule has 0 radical (unpaired) electrons. The molecule has 1 saturated carbocycles. The summed E-state index contributed by atoms with van der Waals surface area (Å²) in [5.74, 6) is 0.260. The number of anilines is 1. The lowest BCUT2D eigenvalue weighted by atomic mass is 10.1. The molecule has 2 aromatic heterocycles. The average molecular weight is 372 g/mol. The zero-order valence-electron chi connectivity index (χ0n) is 13.7. The standard InChI is InChI=1S/C19H18ClN3OS/c20-15-8-3-9-16-17(15)22-19(25-16)23(12-13-5-4-10-21-11-13)18(24)14-6-1-2-7-14/h3-5,8-11,14H,1-2,6-7,12H2. The number of hydrogen-bond donors (Lipinski definition) is 0. The summed E-state index contributed by atoms with van der Waals surface area (Å²) in [4.78, 5) is 23.8. The summed E-state index contributed by atoms with van der Waals surface area (Å²) in [6, 6.07) is 9.62. The minimum absolute atomic E-state index is 0.0964. The average Bonchev–Trinajstić information content (AvgIpc) is 3.30. The van der Waals surface area contributed by atoms with Crippen LogP contribution < -0.4 is 4.90 Å². The van der Waals surface area contributed by atoms with Gasteiger partial charge in [-0.1, -0.05) is 47.9 Å². The van der Waals surface area contributed by atoms with E-state index in [1.807, 2.05) is 35.2 Å². The SMILES string of the molecule is O=C(C1CCCC1)N(Cc1cccnc1)c1nc2c(Cl)cccc2s1. The number of amides is 1. The van der Waals surface area contributed by atoms with E-state index in [4.69, 9.17) is 11.6 Å². The van der Waals surface area contributed by atoms with Crippen molar-refractivity contribution in [3.8, 4) is 0 Å². The highest BCUT2D eigenvalue weighted by Crippen LogP contribution is 2.36. The van der Waals surface area contributed by atoms with Gasteiger partial charge >= 0.3 is 0 Å². The highest BCUT2D eigenvalue weighted by atomic mass is 35.5. The number of carbonyl (C=O) groups is 1. The molecule has 25 heavy (non-hydrogen) atoms. The zero-order valence-corrected chi connectivity index (χ0v) is 15.3. The number of thiazole rings is 1. The number of aromatic nitrogens is 2. The number of hydrogen-bond acceptors (Lipinski definition) is 4. The molecule has 0 atom stereocenters. The number of benzene rings is 1. The summed E-state index contributed by atoms with van der Waals surface area (Å²) in [6.45, 7) is 0.487. The number of halogens is 1. The third-order valence-electron chi connectivity index (χ3n) is 4.62. The van der Waals surface area contributed by atoms with E-state index >= 15 is 0 Å². The number of pyridine rings is 1. The molecule has 6 heteroatoms.